The van der Waals surface area contributed by atoms with E-state index in [0.717, 1.165) is 13.2 Å². The second-order valence-electron chi connectivity index (χ2n) is 3.91. The molecule has 1 unspecified atom stereocenters. The summed E-state index contributed by atoms with van der Waals surface area (Å²) >= 11 is 0. The van der Waals surface area contributed by atoms with Gasteiger partial charge in [-0.3, -0.25) is 4.79 Å². The van der Waals surface area contributed by atoms with Gasteiger partial charge in [0, 0.05) is 20.1 Å². The Morgan fingerprint density at radius 1 is 1.57 bits per heavy atom. The summed E-state index contributed by atoms with van der Waals surface area (Å²) in [4.78, 5) is 12.8. The molecule has 1 aliphatic rings. The summed E-state index contributed by atoms with van der Waals surface area (Å²) in [5, 5.41) is 3.35. The highest BCUT2D eigenvalue weighted by Crippen LogP contribution is 2.04. The lowest BCUT2D eigenvalue weighted by molar-refractivity contribution is -0.129. The van der Waals surface area contributed by atoms with Crippen molar-refractivity contribution in [2.75, 3.05) is 33.9 Å². The Labute approximate surface area is 85.6 Å². The quantitative estimate of drug-likeness (QED) is 0.646. The van der Waals surface area contributed by atoms with Gasteiger partial charge in [0.25, 0.3) is 0 Å². The predicted molar refractivity (Wildman–Crippen MR) is 55.2 cm³/mol. The third kappa shape index (κ3) is 4.07. The zero-order valence-corrected chi connectivity index (χ0v) is 9.08. The molecule has 1 rings (SSSR count). The van der Waals surface area contributed by atoms with Gasteiger partial charge in [-0.25, -0.2) is 0 Å². The molecule has 0 saturated carbocycles. The normalized spacial score (nSPS) is 21.1. The van der Waals surface area contributed by atoms with E-state index < -0.39 is 0 Å². The molecule has 1 N–H and O–H groups in total. The van der Waals surface area contributed by atoms with E-state index in [-0.39, 0.29) is 5.91 Å². The molecule has 0 aromatic rings. The Hall–Kier alpha value is -0.610. The molecule has 1 saturated heterocycles. The van der Waals surface area contributed by atoms with Gasteiger partial charge in [-0.05, 0) is 19.4 Å². The van der Waals surface area contributed by atoms with Gasteiger partial charge in [-0.1, -0.05) is 0 Å². The minimum absolute atomic E-state index is 0.129. The largest absolute Gasteiger partial charge is 0.379 e. The Balaban J connectivity index is 1.96. The second-order valence-corrected chi connectivity index (χ2v) is 3.91. The van der Waals surface area contributed by atoms with Gasteiger partial charge in [0.1, 0.15) is 0 Å². The lowest BCUT2D eigenvalue weighted by Crippen LogP contribution is -2.28. The zero-order valence-electron chi connectivity index (χ0n) is 9.08. The standard InChI is InChI=1S/C10H20N2O2/c1-12(2)10(13)5-7-14-8-9-4-3-6-11-9/h9,11H,3-8H2,1-2H3. The highest BCUT2D eigenvalue weighted by molar-refractivity contribution is 5.75. The van der Waals surface area contributed by atoms with Crippen molar-refractivity contribution in [2.45, 2.75) is 25.3 Å². The summed E-state index contributed by atoms with van der Waals surface area (Å²) in [6.07, 6.45) is 2.92. The predicted octanol–water partition coefficient (Wildman–Crippen LogP) is 0.233. The number of rotatable bonds is 5. The first kappa shape index (κ1) is 11.5. The van der Waals surface area contributed by atoms with E-state index >= 15 is 0 Å². The average molecular weight is 200 g/mol. The molecule has 0 radical (unpaired) electrons. The van der Waals surface area contributed by atoms with Crippen LogP contribution in [0.3, 0.4) is 0 Å². The molecular formula is C10H20N2O2. The van der Waals surface area contributed by atoms with Gasteiger partial charge in [-0.2, -0.15) is 0 Å². The van der Waals surface area contributed by atoms with Crippen molar-refractivity contribution >= 4 is 5.91 Å². The van der Waals surface area contributed by atoms with E-state index in [1.165, 1.54) is 12.8 Å². The maximum atomic E-state index is 11.2. The smallest absolute Gasteiger partial charge is 0.224 e. The minimum atomic E-state index is 0.129. The van der Waals surface area contributed by atoms with Crippen LogP contribution in [0, 0.1) is 0 Å². The van der Waals surface area contributed by atoms with Gasteiger partial charge >= 0.3 is 0 Å². The van der Waals surface area contributed by atoms with Crippen LogP contribution in [-0.4, -0.2) is 50.7 Å². The van der Waals surface area contributed by atoms with Gasteiger partial charge in [-0.15, -0.1) is 0 Å². The van der Waals surface area contributed by atoms with E-state index in [0.29, 0.717) is 19.1 Å². The van der Waals surface area contributed by atoms with Gasteiger partial charge in [0.15, 0.2) is 0 Å². The summed E-state index contributed by atoms with van der Waals surface area (Å²) in [7, 11) is 3.53. The minimum Gasteiger partial charge on any atom is -0.379 e. The van der Waals surface area contributed by atoms with E-state index in [4.69, 9.17) is 4.74 Å². The summed E-state index contributed by atoms with van der Waals surface area (Å²) in [5.41, 5.74) is 0. The summed E-state index contributed by atoms with van der Waals surface area (Å²) in [6, 6.07) is 0.504. The van der Waals surface area contributed by atoms with Crippen LogP contribution in [0.25, 0.3) is 0 Å². The highest BCUT2D eigenvalue weighted by Gasteiger charge is 2.13. The molecule has 4 heteroatoms. The number of hydrogen-bond donors (Lipinski definition) is 1. The monoisotopic (exact) mass is 200 g/mol. The van der Waals surface area contributed by atoms with Crippen molar-refractivity contribution in [1.82, 2.24) is 10.2 Å². The number of nitrogens with one attached hydrogen (secondary N) is 1. The molecule has 82 valence electrons. The molecule has 0 aromatic carbocycles. The molecule has 1 amide bonds. The SMILES string of the molecule is CN(C)C(=O)CCOCC1CCCN1. The van der Waals surface area contributed by atoms with Crippen LogP contribution in [0.5, 0.6) is 0 Å². The van der Waals surface area contributed by atoms with Gasteiger partial charge in [0.2, 0.25) is 5.91 Å². The molecule has 4 nitrogen and oxygen atoms in total. The molecule has 1 aliphatic heterocycles. The lowest BCUT2D eigenvalue weighted by atomic mass is 10.2. The third-order valence-electron chi connectivity index (χ3n) is 2.44. The highest BCUT2D eigenvalue weighted by atomic mass is 16.5. The molecular weight excluding hydrogens is 180 g/mol. The number of hydrogen-bond acceptors (Lipinski definition) is 3. The number of amides is 1. The molecule has 0 aromatic heterocycles. The number of ether oxygens (including phenoxy) is 1. The van der Waals surface area contributed by atoms with Gasteiger partial charge < -0.3 is 15.0 Å². The Bertz CT molecular complexity index is 177. The maximum absolute atomic E-state index is 11.2. The molecule has 1 atom stereocenters. The summed E-state index contributed by atoms with van der Waals surface area (Å²) in [5.74, 6) is 0.129. The molecule has 1 fully saturated rings. The van der Waals surface area contributed by atoms with Crippen molar-refractivity contribution in [2.24, 2.45) is 0 Å². The van der Waals surface area contributed by atoms with Crippen molar-refractivity contribution in [1.29, 1.82) is 0 Å². The Morgan fingerprint density at radius 3 is 2.93 bits per heavy atom. The fourth-order valence-corrected chi connectivity index (χ4v) is 1.51. The molecule has 14 heavy (non-hydrogen) atoms. The van der Waals surface area contributed by atoms with Crippen LogP contribution in [0.2, 0.25) is 0 Å². The van der Waals surface area contributed by atoms with E-state index in [1.54, 1.807) is 19.0 Å². The Kier molecular flexibility index (Phi) is 4.90. The number of carbonyl (C=O) groups excluding carboxylic acids is 1. The molecule has 0 aliphatic carbocycles. The van der Waals surface area contributed by atoms with Crippen molar-refractivity contribution in [3.63, 3.8) is 0 Å². The van der Waals surface area contributed by atoms with Crippen LogP contribution >= 0.6 is 0 Å². The maximum Gasteiger partial charge on any atom is 0.224 e. The molecule has 0 spiro atoms. The first-order chi connectivity index (χ1) is 6.70. The topological polar surface area (TPSA) is 41.6 Å². The van der Waals surface area contributed by atoms with Crippen LogP contribution < -0.4 is 5.32 Å². The molecule has 1 heterocycles. The van der Waals surface area contributed by atoms with Crippen LogP contribution in [0.15, 0.2) is 0 Å². The number of nitrogens with zero attached hydrogens (tertiary/aromatic N) is 1. The first-order valence-electron chi connectivity index (χ1n) is 5.21. The van der Waals surface area contributed by atoms with Gasteiger partial charge in [0.05, 0.1) is 19.6 Å². The van der Waals surface area contributed by atoms with E-state index in [1.807, 2.05) is 0 Å². The summed E-state index contributed by atoms with van der Waals surface area (Å²) in [6.45, 7) is 2.38. The number of carbonyl (C=O) groups is 1. The van der Waals surface area contributed by atoms with E-state index in [2.05, 4.69) is 5.32 Å². The van der Waals surface area contributed by atoms with Crippen LogP contribution in [0.1, 0.15) is 19.3 Å². The van der Waals surface area contributed by atoms with Crippen molar-refractivity contribution < 1.29 is 9.53 Å². The molecule has 0 bridgehead atoms. The van der Waals surface area contributed by atoms with Crippen molar-refractivity contribution in [3.05, 3.63) is 0 Å². The summed E-state index contributed by atoms with van der Waals surface area (Å²) < 4.78 is 5.43. The Morgan fingerprint density at radius 2 is 2.36 bits per heavy atom. The fraction of sp³-hybridized carbons (Fsp3) is 0.900. The van der Waals surface area contributed by atoms with Crippen LogP contribution in [0.4, 0.5) is 0 Å². The first-order valence-corrected chi connectivity index (χ1v) is 5.21. The van der Waals surface area contributed by atoms with Crippen LogP contribution in [-0.2, 0) is 9.53 Å². The average Bonchev–Trinajstić information content (AvgIpc) is 2.64. The fourth-order valence-electron chi connectivity index (χ4n) is 1.51. The zero-order chi connectivity index (χ0) is 10.4. The van der Waals surface area contributed by atoms with E-state index in [9.17, 15) is 4.79 Å². The lowest BCUT2D eigenvalue weighted by Gasteiger charge is -2.12. The van der Waals surface area contributed by atoms with Crippen molar-refractivity contribution in [3.8, 4) is 0 Å². The third-order valence-corrected chi connectivity index (χ3v) is 2.44. The second kappa shape index (κ2) is 5.98.